The molecule has 0 atom stereocenters. The van der Waals surface area contributed by atoms with Crippen LogP contribution in [0.15, 0.2) is 54.9 Å². The van der Waals surface area contributed by atoms with Crippen LogP contribution in [0, 0.1) is 10.1 Å². The summed E-state index contributed by atoms with van der Waals surface area (Å²) in [5.41, 5.74) is 5.18. The van der Waals surface area contributed by atoms with Crippen LogP contribution in [0.4, 0.5) is 23.0 Å². The van der Waals surface area contributed by atoms with Gasteiger partial charge in [0, 0.05) is 0 Å². The molecule has 1 heterocycles. The highest BCUT2D eigenvalue weighted by Crippen LogP contribution is 2.34. The van der Waals surface area contributed by atoms with E-state index < -0.39 is 16.5 Å². The van der Waals surface area contributed by atoms with E-state index >= 15 is 0 Å². The van der Waals surface area contributed by atoms with E-state index in [2.05, 4.69) is 26.1 Å². The Labute approximate surface area is 177 Å². The summed E-state index contributed by atoms with van der Waals surface area (Å²) in [7, 11) is 1.44. The molecule has 0 radical (unpaired) electrons. The molecule has 11 heteroatoms. The molecule has 0 saturated carbocycles. The van der Waals surface area contributed by atoms with Crippen molar-refractivity contribution in [3.8, 4) is 11.5 Å². The van der Waals surface area contributed by atoms with Crippen LogP contribution in [0.1, 0.15) is 17.3 Å². The van der Waals surface area contributed by atoms with Gasteiger partial charge >= 0.3 is 5.69 Å². The number of nitro groups is 1. The Morgan fingerprint density at radius 2 is 1.74 bits per heavy atom. The molecule has 0 bridgehead atoms. The Morgan fingerprint density at radius 1 is 1.06 bits per heavy atom. The van der Waals surface area contributed by atoms with Gasteiger partial charge in [-0.3, -0.25) is 25.8 Å². The van der Waals surface area contributed by atoms with Crippen LogP contribution >= 0.6 is 0 Å². The zero-order valence-corrected chi connectivity index (χ0v) is 16.8. The molecule has 0 aliphatic carbocycles. The van der Waals surface area contributed by atoms with E-state index in [0.717, 1.165) is 6.33 Å². The third-order valence-electron chi connectivity index (χ3n) is 4.09. The van der Waals surface area contributed by atoms with Crippen LogP contribution in [0.3, 0.4) is 0 Å². The van der Waals surface area contributed by atoms with Crippen molar-refractivity contribution < 1.29 is 19.2 Å². The van der Waals surface area contributed by atoms with Gasteiger partial charge in [-0.1, -0.05) is 24.3 Å². The topological polar surface area (TPSA) is 141 Å². The maximum Gasteiger partial charge on any atom is 0.355 e. The third kappa shape index (κ3) is 4.96. The summed E-state index contributed by atoms with van der Waals surface area (Å²) >= 11 is 0. The minimum absolute atomic E-state index is 0.0683. The van der Waals surface area contributed by atoms with E-state index in [1.807, 2.05) is 6.92 Å². The van der Waals surface area contributed by atoms with Gasteiger partial charge in [-0.25, -0.2) is 9.97 Å². The molecule has 0 spiro atoms. The van der Waals surface area contributed by atoms with Gasteiger partial charge in [-0.15, -0.1) is 0 Å². The van der Waals surface area contributed by atoms with E-state index in [0.29, 0.717) is 23.8 Å². The summed E-state index contributed by atoms with van der Waals surface area (Å²) in [4.78, 5) is 31.4. The molecular weight excluding hydrogens is 404 g/mol. The Kier molecular flexibility index (Phi) is 6.78. The summed E-state index contributed by atoms with van der Waals surface area (Å²) in [6.07, 6.45) is 1.14. The largest absolute Gasteiger partial charge is 0.496 e. The number of nitrogens with one attached hydrogen (secondary N) is 3. The SMILES string of the molecule is CCOc1ccccc1Nc1ncnc(NNC(=O)c2ccccc2OC)c1[N+](=O)[O-]. The van der Waals surface area contributed by atoms with Crippen molar-refractivity contribution in [2.45, 2.75) is 6.92 Å². The quantitative estimate of drug-likeness (QED) is 0.348. The minimum Gasteiger partial charge on any atom is -0.496 e. The van der Waals surface area contributed by atoms with Gasteiger partial charge in [0.15, 0.2) is 0 Å². The fourth-order valence-electron chi connectivity index (χ4n) is 2.73. The fraction of sp³-hybridized carbons (Fsp3) is 0.150. The Hall–Kier alpha value is -4.41. The van der Waals surface area contributed by atoms with Crippen LogP contribution in [0.2, 0.25) is 0 Å². The number of benzene rings is 2. The first-order valence-corrected chi connectivity index (χ1v) is 9.22. The number of rotatable bonds is 9. The number of carbonyl (C=O) groups is 1. The number of nitrogens with zero attached hydrogens (tertiary/aromatic N) is 3. The number of aromatic nitrogens is 2. The predicted octanol–water partition coefficient (Wildman–Crippen LogP) is 3.29. The van der Waals surface area contributed by atoms with Crippen LogP contribution in [0.25, 0.3) is 0 Å². The molecular formula is C20H20N6O5. The molecule has 0 aliphatic rings. The first-order valence-electron chi connectivity index (χ1n) is 9.22. The molecule has 11 nitrogen and oxygen atoms in total. The highest BCUT2D eigenvalue weighted by Gasteiger charge is 2.24. The monoisotopic (exact) mass is 424 g/mol. The molecule has 3 aromatic rings. The van der Waals surface area contributed by atoms with Crippen LogP contribution in [-0.2, 0) is 0 Å². The lowest BCUT2D eigenvalue weighted by atomic mass is 10.2. The van der Waals surface area contributed by atoms with Crippen LogP contribution in [-0.4, -0.2) is 34.5 Å². The van der Waals surface area contributed by atoms with Gasteiger partial charge in [-0.2, -0.15) is 0 Å². The minimum atomic E-state index is -0.650. The number of hydrazine groups is 1. The first-order chi connectivity index (χ1) is 15.0. The molecule has 3 N–H and O–H groups in total. The highest BCUT2D eigenvalue weighted by molar-refractivity contribution is 5.97. The van der Waals surface area contributed by atoms with Gasteiger partial charge in [0.05, 0.1) is 29.9 Å². The standard InChI is InChI=1S/C20H20N6O5/c1-3-31-16-11-7-5-9-14(16)23-18-17(26(28)29)19(22-12-21-18)24-25-20(27)13-8-4-6-10-15(13)30-2/h4-12H,3H2,1-2H3,(H,25,27)(H2,21,22,23,24). The molecule has 0 aliphatic heterocycles. The number of carbonyl (C=O) groups excluding carboxylic acids is 1. The van der Waals surface area contributed by atoms with E-state index in [1.165, 1.54) is 7.11 Å². The van der Waals surface area contributed by atoms with Crippen molar-refractivity contribution in [3.63, 3.8) is 0 Å². The maximum atomic E-state index is 12.5. The van der Waals surface area contributed by atoms with Gasteiger partial charge in [0.2, 0.25) is 11.6 Å². The number of methoxy groups -OCH3 is 1. The average molecular weight is 424 g/mol. The van der Waals surface area contributed by atoms with E-state index in [9.17, 15) is 14.9 Å². The molecule has 3 rings (SSSR count). The Bertz CT molecular complexity index is 1090. The number of hydrogen-bond acceptors (Lipinski definition) is 9. The fourth-order valence-corrected chi connectivity index (χ4v) is 2.73. The molecule has 0 fully saturated rings. The molecule has 31 heavy (non-hydrogen) atoms. The predicted molar refractivity (Wildman–Crippen MR) is 114 cm³/mol. The van der Waals surface area contributed by atoms with Gasteiger partial charge in [-0.05, 0) is 31.2 Å². The van der Waals surface area contributed by atoms with Crippen molar-refractivity contribution in [1.29, 1.82) is 0 Å². The van der Waals surface area contributed by atoms with Crippen LogP contribution in [0.5, 0.6) is 11.5 Å². The first kappa shape index (κ1) is 21.3. The maximum absolute atomic E-state index is 12.5. The van der Waals surface area contributed by atoms with Crippen LogP contribution < -0.4 is 25.6 Å². The lowest BCUT2D eigenvalue weighted by Crippen LogP contribution is -2.30. The Balaban J connectivity index is 1.86. The smallest absolute Gasteiger partial charge is 0.355 e. The van der Waals surface area contributed by atoms with E-state index in [-0.39, 0.29) is 17.2 Å². The van der Waals surface area contributed by atoms with Crippen molar-refractivity contribution in [3.05, 3.63) is 70.5 Å². The molecule has 1 amide bonds. The molecule has 2 aromatic carbocycles. The van der Waals surface area contributed by atoms with Gasteiger partial charge in [0.25, 0.3) is 5.91 Å². The van der Waals surface area contributed by atoms with E-state index in [1.54, 1.807) is 48.5 Å². The number of anilines is 3. The zero-order valence-electron chi connectivity index (χ0n) is 16.8. The van der Waals surface area contributed by atoms with Gasteiger partial charge in [0.1, 0.15) is 17.8 Å². The second kappa shape index (κ2) is 9.87. The van der Waals surface area contributed by atoms with Crippen molar-refractivity contribution in [1.82, 2.24) is 15.4 Å². The molecule has 1 aromatic heterocycles. The molecule has 160 valence electrons. The second-order valence-electron chi connectivity index (χ2n) is 6.01. The number of amides is 1. The summed E-state index contributed by atoms with van der Waals surface area (Å²) in [6, 6.07) is 13.5. The van der Waals surface area contributed by atoms with Crippen molar-refractivity contribution in [2.75, 3.05) is 24.5 Å². The number of para-hydroxylation sites is 3. The van der Waals surface area contributed by atoms with Crippen molar-refractivity contribution in [2.24, 2.45) is 0 Å². The number of ether oxygens (including phenoxy) is 2. The highest BCUT2D eigenvalue weighted by atomic mass is 16.6. The average Bonchev–Trinajstić information content (AvgIpc) is 2.78. The lowest BCUT2D eigenvalue weighted by molar-refractivity contribution is -0.383. The zero-order chi connectivity index (χ0) is 22.2. The molecule has 0 saturated heterocycles. The molecule has 0 unspecified atom stereocenters. The summed E-state index contributed by atoms with van der Waals surface area (Å²) < 4.78 is 10.7. The normalized spacial score (nSPS) is 10.1. The summed E-state index contributed by atoms with van der Waals surface area (Å²) in [5, 5.41) is 14.6. The third-order valence-corrected chi connectivity index (χ3v) is 4.09. The van der Waals surface area contributed by atoms with Gasteiger partial charge < -0.3 is 14.8 Å². The lowest BCUT2D eigenvalue weighted by Gasteiger charge is -2.13. The van der Waals surface area contributed by atoms with E-state index in [4.69, 9.17) is 9.47 Å². The van der Waals surface area contributed by atoms with Crippen molar-refractivity contribution >= 4 is 28.9 Å². The second-order valence-corrected chi connectivity index (χ2v) is 6.01. The number of hydrogen-bond donors (Lipinski definition) is 3. The Morgan fingerprint density at radius 3 is 2.45 bits per heavy atom. The summed E-state index contributed by atoms with van der Waals surface area (Å²) in [6.45, 7) is 2.25. The summed E-state index contributed by atoms with van der Waals surface area (Å²) in [5.74, 6) is 0.0492.